The zero-order valence-electron chi connectivity index (χ0n) is 10.7. The third-order valence-electron chi connectivity index (χ3n) is 1.26. The van der Waals surface area contributed by atoms with Crippen molar-refractivity contribution >= 4 is 12.1 Å². The SMILES string of the molecule is C=C(C)C(=O)OOC(C)OC(=O)OC(C)(C)C. The number of rotatable bonds is 4. The molecule has 0 aliphatic rings. The highest BCUT2D eigenvalue weighted by Crippen LogP contribution is 2.09. The molecule has 0 aliphatic heterocycles. The van der Waals surface area contributed by atoms with Crippen molar-refractivity contribution in [1.82, 2.24) is 0 Å². The van der Waals surface area contributed by atoms with Gasteiger partial charge in [-0.05, 0) is 27.7 Å². The summed E-state index contributed by atoms with van der Waals surface area (Å²) in [4.78, 5) is 31.0. The van der Waals surface area contributed by atoms with E-state index in [0.29, 0.717) is 0 Å². The summed E-state index contributed by atoms with van der Waals surface area (Å²) in [6.07, 6.45) is -1.97. The Morgan fingerprint density at radius 3 is 2.18 bits per heavy atom. The van der Waals surface area contributed by atoms with Crippen LogP contribution in [0.4, 0.5) is 4.79 Å². The normalized spacial score (nSPS) is 12.5. The van der Waals surface area contributed by atoms with E-state index < -0.39 is 24.0 Å². The number of hydrogen-bond donors (Lipinski definition) is 0. The van der Waals surface area contributed by atoms with Crippen molar-refractivity contribution in [1.29, 1.82) is 0 Å². The van der Waals surface area contributed by atoms with Crippen LogP contribution in [0, 0.1) is 0 Å². The molecule has 0 aromatic rings. The molecule has 98 valence electrons. The fraction of sp³-hybridized carbons (Fsp3) is 0.636. The monoisotopic (exact) mass is 246 g/mol. The molecule has 0 saturated heterocycles. The van der Waals surface area contributed by atoms with Gasteiger partial charge in [-0.1, -0.05) is 6.58 Å². The summed E-state index contributed by atoms with van der Waals surface area (Å²) in [6.45, 7) is 11.3. The Labute approximate surface area is 100 Å². The highest BCUT2D eigenvalue weighted by molar-refractivity contribution is 5.86. The van der Waals surface area contributed by atoms with Crippen LogP contribution in [0.1, 0.15) is 34.6 Å². The van der Waals surface area contributed by atoms with Crippen molar-refractivity contribution < 1.29 is 28.8 Å². The van der Waals surface area contributed by atoms with Crippen LogP contribution in [0.2, 0.25) is 0 Å². The van der Waals surface area contributed by atoms with Gasteiger partial charge in [0.05, 0.1) is 0 Å². The van der Waals surface area contributed by atoms with Gasteiger partial charge in [0.25, 0.3) is 0 Å². The van der Waals surface area contributed by atoms with Gasteiger partial charge in [-0.15, -0.1) is 4.89 Å². The average molecular weight is 246 g/mol. The quantitative estimate of drug-likeness (QED) is 0.249. The predicted molar refractivity (Wildman–Crippen MR) is 58.8 cm³/mol. The van der Waals surface area contributed by atoms with Crippen molar-refractivity contribution in [3.63, 3.8) is 0 Å². The van der Waals surface area contributed by atoms with Gasteiger partial charge in [0, 0.05) is 12.5 Å². The lowest BCUT2D eigenvalue weighted by Gasteiger charge is -2.20. The topological polar surface area (TPSA) is 71.1 Å². The first-order valence-corrected chi connectivity index (χ1v) is 5.04. The molecule has 0 amide bonds. The third-order valence-corrected chi connectivity index (χ3v) is 1.26. The van der Waals surface area contributed by atoms with Gasteiger partial charge in [-0.3, -0.25) is 4.89 Å². The molecule has 0 aliphatic carbocycles. The van der Waals surface area contributed by atoms with E-state index in [-0.39, 0.29) is 5.57 Å². The molecule has 0 saturated carbocycles. The summed E-state index contributed by atoms with van der Waals surface area (Å²) in [5.74, 6) is -0.732. The Morgan fingerprint density at radius 2 is 1.76 bits per heavy atom. The maximum atomic E-state index is 11.2. The standard InChI is InChI=1S/C11H18O6/c1-7(2)9(12)17-16-8(3)14-10(13)15-11(4,5)6/h8H,1H2,2-6H3. The highest BCUT2D eigenvalue weighted by Gasteiger charge is 2.20. The zero-order valence-corrected chi connectivity index (χ0v) is 10.7. The molecule has 0 bridgehead atoms. The van der Waals surface area contributed by atoms with Gasteiger partial charge < -0.3 is 9.47 Å². The van der Waals surface area contributed by atoms with E-state index in [1.807, 2.05) is 0 Å². The second kappa shape index (κ2) is 6.24. The molecule has 0 aromatic carbocycles. The summed E-state index contributed by atoms with van der Waals surface area (Å²) in [5, 5.41) is 0. The van der Waals surface area contributed by atoms with E-state index in [1.165, 1.54) is 13.8 Å². The van der Waals surface area contributed by atoms with Crippen molar-refractivity contribution in [2.75, 3.05) is 0 Å². The van der Waals surface area contributed by atoms with E-state index >= 15 is 0 Å². The molecule has 0 aromatic heterocycles. The molecule has 0 radical (unpaired) electrons. The van der Waals surface area contributed by atoms with Crippen LogP contribution in [-0.2, 0) is 24.0 Å². The van der Waals surface area contributed by atoms with Gasteiger partial charge in [0.2, 0.25) is 6.29 Å². The first-order valence-electron chi connectivity index (χ1n) is 5.04. The summed E-state index contributed by atoms with van der Waals surface area (Å²) in [6, 6.07) is 0. The molecule has 6 heteroatoms. The number of hydrogen-bond acceptors (Lipinski definition) is 6. The molecule has 0 heterocycles. The number of carbonyl (C=O) groups is 2. The molecule has 1 atom stereocenters. The Hall–Kier alpha value is -1.56. The minimum Gasteiger partial charge on any atom is -0.429 e. The number of carbonyl (C=O) groups excluding carboxylic acids is 2. The van der Waals surface area contributed by atoms with Gasteiger partial charge in [0.15, 0.2) is 0 Å². The maximum Gasteiger partial charge on any atom is 0.511 e. The minimum atomic E-state index is -1.06. The van der Waals surface area contributed by atoms with Gasteiger partial charge in [0.1, 0.15) is 5.60 Å². The lowest BCUT2D eigenvalue weighted by Crippen LogP contribution is -2.28. The van der Waals surface area contributed by atoms with Crippen molar-refractivity contribution in [3.05, 3.63) is 12.2 Å². The van der Waals surface area contributed by atoms with Crippen LogP contribution in [0.15, 0.2) is 12.2 Å². The van der Waals surface area contributed by atoms with Crippen molar-refractivity contribution in [2.24, 2.45) is 0 Å². The molecule has 0 rings (SSSR count). The molecular formula is C11H18O6. The average Bonchev–Trinajstić information content (AvgIpc) is 2.10. The first-order chi connectivity index (χ1) is 7.61. The summed E-state index contributed by atoms with van der Waals surface area (Å²) < 4.78 is 9.53. The van der Waals surface area contributed by atoms with Gasteiger partial charge >= 0.3 is 12.1 Å². The van der Waals surface area contributed by atoms with Crippen LogP contribution >= 0.6 is 0 Å². The minimum absolute atomic E-state index is 0.175. The van der Waals surface area contributed by atoms with Gasteiger partial charge in [-0.25, -0.2) is 9.59 Å². The molecule has 0 fully saturated rings. The van der Waals surface area contributed by atoms with E-state index in [2.05, 4.69) is 21.1 Å². The smallest absolute Gasteiger partial charge is 0.429 e. The Bertz CT molecular complexity index is 302. The second-order valence-corrected chi connectivity index (χ2v) is 4.40. The van der Waals surface area contributed by atoms with E-state index in [9.17, 15) is 9.59 Å². The zero-order chi connectivity index (χ0) is 13.6. The molecule has 6 nitrogen and oxygen atoms in total. The third kappa shape index (κ3) is 8.27. The summed E-state index contributed by atoms with van der Waals surface area (Å²) in [5.41, 5.74) is -0.486. The maximum absolute atomic E-state index is 11.2. The molecule has 0 spiro atoms. The highest BCUT2D eigenvalue weighted by atomic mass is 17.2. The molecular weight excluding hydrogens is 228 g/mol. The summed E-state index contributed by atoms with van der Waals surface area (Å²) in [7, 11) is 0. The molecule has 0 N–H and O–H groups in total. The van der Waals surface area contributed by atoms with Crippen LogP contribution in [-0.4, -0.2) is 24.0 Å². The van der Waals surface area contributed by atoms with Gasteiger partial charge in [-0.2, -0.15) is 0 Å². The predicted octanol–water partition coefficient (Wildman–Crippen LogP) is 2.33. The Balaban J connectivity index is 3.94. The number of ether oxygens (including phenoxy) is 2. The van der Waals surface area contributed by atoms with Crippen LogP contribution in [0.3, 0.4) is 0 Å². The van der Waals surface area contributed by atoms with Crippen molar-refractivity contribution in [3.8, 4) is 0 Å². The largest absolute Gasteiger partial charge is 0.511 e. The lowest BCUT2D eigenvalue weighted by atomic mass is 10.2. The molecule has 17 heavy (non-hydrogen) atoms. The first kappa shape index (κ1) is 15.4. The van der Waals surface area contributed by atoms with Crippen LogP contribution < -0.4 is 0 Å². The summed E-state index contributed by atoms with van der Waals surface area (Å²) >= 11 is 0. The van der Waals surface area contributed by atoms with Crippen molar-refractivity contribution in [2.45, 2.75) is 46.5 Å². The van der Waals surface area contributed by atoms with Crippen LogP contribution in [0.25, 0.3) is 0 Å². The fourth-order valence-corrected chi connectivity index (χ4v) is 0.612. The van der Waals surface area contributed by atoms with E-state index in [1.54, 1.807) is 20.8 Å². The Kier molecular flexibility index (Phi) is 5.67. The van der Waals surface area contributed by atoms with E-state index in [0.717, 1.165) is 0 Å². The molecule has 1 unspecified atom stereocenters. The van der Waals surface area contributed by atoms with Crippen LogP contribution in [0.5, 0.6) is 0 Å². The Morgan fingerprint density at radius 1 is 1.24 bits per heavy atom. The second-order valence-electron chi connectivity index (χ2n) is 4.40. The van der Waals surface area contributed by atoms with E-state index in [4.69, 9.17) is 4.74 Å². The fourth-order valence-electron chi connectivity index (χ4n) is 0.612. The lowest BCUT2D eigenvalue weighted by molar-refractivity contribution is -0.335.